The van der Waals surface area contributed by atoms with Crippen molar-refractivity contribution in [2.24, 2.45) is 5.92 Å². The Morgan fingerprint density at radius 3 is 2.52 bits per heavy atom. The minimum atomic E-state index is -0.555. The van der Waals surface area contributed by atoms with Gasteiger partial charge in [-0.15, -0.1) is 11.3 Å². The number of piperazine rings is 1. The highest BCUT2D eigenvalue weighted by Gasteiger charge is 2.31. The molecule has 9 heteroatoms. The second-order valence-corrected chi connectivity index (χ2v) is 8.42. The lowest BCUT2D eigenvalue weighted by molar-refractivity contribution is -0.136. The third-order valence-electron chi connectivity index (χ3n) is 4.86. The molecule has 1 aromatic rings. The number of nitrogens with zero attached hydrogens (tertiary/aromatic N) is 2. The molecule has 162 valence electrons. The number of hydrogen-bond donors (Lipinski definition) is 2. The second-order valence-electron chi connectivity index (χ2n) is 7.47. The molecule has 1 aromatic heterocycles. The average molecular weight is 425 g/mol. The molecular weight excluding hydrogens is 392 g/mol. The first-order chi connectivity index (χ1) is 13.9. The molecule has 1 atom stereocenters. The number of carbonyl (C=O) groups excluding carboxylic acids is 3. The average Bonchev–Trinajstić information content (AvgIpc) is 3.24. The monoisotopic (exact) mass is 424 g/mol. The summed E-state index contributed by atoms with van der Waals surface area (Å²) < 4.78 is 4.96. The summed E-state index contributed by atoms with van der Waals surface area (Å²) >= 11 is 1.36. The van der Waals surface area contributed by atoms with Crippen LogP contribution in [0.1, 0.15) is 29.9 Å². The number of methoxy groups -OCH3 is 1. The largest absolute Gasteiger partial charge is 0.385 e. The molecule has 1 aliphatic heterocycles. The number of ether oxygens (including phenoxy) is 1. The summed E-state index contributed by atoms with van der Waals surface area (Å²) in [5.41, 5.74) is 0. The molecule has 3 amide bonds. The summed E-state index contributed by atoms with van der Waals surface area (Å²) in [5.74, 6) is -0.295. The molecule has 0 bridgehead atoms. The van der Waals surface area contributed by atoms with Crippen LogP contribution in [0.5, 0.6) is 0 Å². The molecular formula is C20H32N4O4S. The maximum absolute atomic E-state index is 13.0. The summed E-state index contributed by atoms with van der Waals surface area (Å²) in [7, 11) is 1.64. The third-order valence-corrected chi connectivity index (χ3v) is 5.73. The van der Waals surface area contributed by atoms with Gasteiger partial charge in [-0.1, -0.05) is 19.9 Å². The molecule has 1 fully saturated rings. The Labute approximate surface area is 176 Å². The molecule has 1 saturated heterocycles. The second kappa shape index (κ2) is 11.9. The van der Waals surface area contributed by atoms with Crippen molar-refractivity contribution in [1.82, 2.24) is 20.4 Å². The number of carbonyl (C=O) groups is 3. The van der Waals surface area contributed by atoms with Crippen LogP contribution < -0.4 is 10.6 Å². The fourth-order valence-electron chi connectivity index (χ4n) is 3.16. The molecule has 2 N–H and O–H groups in total. The van der Waals surface area contributed by atoms with Gasteiger partial charge in [0.2, 0.25) is 11.8 Å². The highest BCUT2D eigenvalue weighted by Crippen LogP contribution is 2.13. The van der Waals surface area contributed by atoms with Crippen molar-refractivity contribution in [2.45, 2.75) is 26.3 Å². The zero-order chi connectivity index (χ0) is 21.2. The zero-order valence-corrected chi connectivity index (χ0v) is 18.3. The van der Waals surface area contributed by atoms with E-state index in [2.05, 4.69) is 10.6 Å². The minimum Gasteiger partial charge on any atom is -0.385 e. The minimum absolute atomic E-state index is 0.0100. The SMILES string of the molecule is COCCCNC(=O)CN1CCN(C(=O)C(NC(=O)c2cccs2)C(C)C)CC1. The normalized spacial score (nSPS) is 15.9. The Balaban J connectivity index is 1.79. The molecule has 1 unspecified atom stereocenters. The summed E-state index contributed by atoms with van der Waals surface area (Å²) in [6, 6.07) is 3.01. The molecule has 1 aliphatic rings. The predicted octanol–water partition coefficient (Wildman–Crippen LogP) is 0.799. The van der Waals surface area contributed by atoms with Gasteiger partial charge in [-0.05, 0) is 23.8 Å². The molecule has 2 heterocycles. The number of thiophene rings is 1. The standard InChI is InChI=1S/C20H32N4O4S/c1-15(2)18(22-19(26)16-6-4-13-29-16)20(27)24-10-8-23(9-11-24)14-17(25)21-7-5-12-28-3/h4,6,13,15,18H,5,7-12,14H2,1-3H3,(H,21,25)(H,22,26). The molecule has 2 rings (SSSR count). The highest BCUT2D eigenvalue weighted by molar-refractivity contribution is 7.12. The number of rotatable bonds is 10. The summed E-state index contributed by atoms with van der Waals surface area (Å²) in [4.78, 5) is 41.8. The van der Waals surface area contributed by atoms with Crippen LogP contribution in [0.15, 0.2) is 17.5 Å². The van der Waals surface area contributed by atoms with Crippen LogP contribution in [0.3, 0.4) is 0 Å². The van der Waals surface area contributed by atoms with Gasteiger partial charge in [0.05, 0.1) is 11.4 Å². The number of nitrogens with one attached hydrogen (secondary N) is 2. The molecule has 0 aliphatic carbocycles. The van der Waals surface area contributed by atoms with E-state index in [1.165, 1.54) is 11.3 Å². The van der Waals surface area contributed by atoms with Crippen LogP contribution in [0.4, 0.5) is 0 Å². The van der Waals surface area contributed by atoms with Gasteiger partial charge < -0.3 is 20.3 Å². The van der Waals surface area contributed by atoms with Crippen LogP contribution >= 0.6 is 11.3 Å². The fraction of sp³-hybridized carbons (Fsp3) is 0.650. The molecule has 0 radical (unpaired) electrons. The Morgan fingerprint density at radius 2 is 1.93 bits per heavy atom. The Kier molecular flexibility index (Phi) is 9.56. The summed E-state index contributed by atoms with van der Waals surface area (Å²) in [5, 5.41) is 7.61. The van der Waals surface area contributed by atoms with E-state index in [0.717, 1.165) is 6.42 Å². The van der Waals surface area contributed by atoms with E-state index in [1.807, 2.05) is 30.2 Å². The topological polar surface area (TPSA) is 91.0 Å². The van der Waals surface area contributed by atoms with Crippen LogP contribution in [0.2, 0.25) is 0 Å². The molecule has 0 spiro atoms. The Morgan fingerprint density at radius 1 is 1.21 bits per heavy atom. The van der Waals surface area contributed by atoms with Gasteiger partial charge in [-0.25, -0.2) is 0 Å². The van der Waals surface area contributed by atoms with E-state index in [-0.39, 0.29) is 23.6 Å². The first kappa shape index (κ1) is 23.3. The van der Waals surface area contributed by atoms with Crippen LogP contribution in [0, 0.1) is 5.92 Å². The van der Waals surface area contributed by atoms with E-state index >= 15 is 0 Å². The van der Waals surface area contributed by atoms with Crippen LogP contribution in [-0.4, -0.2) is 86.5 Å². The van der Waals surface area contributed by atoms with Gasteiger partial charge in [-0.2, -0.15) is 0 Å². The summed E-state index contributed by atoms with van der Waals surface area (Å²) in [6.07, 6.45) is 0.790. The van der Waals surface area contributed by atoms with Crippen molar-refractivity contribution in [3.63, 3.8) is 0 Å². The van der Waals surface area contributed by atoms with Crippen molar-refractivity contribution in [2.75, 3.05) is 53.0 Å². The van der Waals surface area contributed by atoms with Gasteiger partial charge in [-0.3, -0.25) is 19.3 Å². The van der Waals surface area contributed by atoms with Crippen molar-refractivity contribution in [3.8, 4) is 0 Å². The summed E-state index contributed by atoms with van der Waals surface area (Å²) in [6.45, 7) is 7.80. The quantitative estimate of drug-likeness (QED) is 0.542. The fourth-order valence-corrected chi connectivity index (χ4v) is 3.79. The maximum Gasteiger partial charge on any atom is 0.262 e. The Hall–Kier alpha value is -1.97. The maximum atomic E-state index is 13.0. The van der Waals surface area contributed by atoms with Gasteiger partial charge in [0.1, 0.15) is 6.04 Å². The van der Waals surface area contributed by atoms with Gasteiger partial charge in [0, 0.05) is 46.4 Å². The third kappa shape index (κ3) is 7.41. The molecule has 0 aromatic carbocycles. The smallest absolute Gasteiger partial charge is 0.262 e. The predicted molar refractivity (Wildman–Crippen MR) is 113 cm³/mol. The highest BCUT2D eigenvalue weighted by atomic mass is 32.1. The Bertz CT molecular complexity index is 657. The van der Waals surface area contributed by atoms with Crippen molar-refractivity contribution >= 4 is 29.1 Å². The van der Waals surface area contributed by atoms with Crippen LogP contribution in [-0.2, 0) is 14.3 Å². The van der Waals surface area contributed by atoms with E-state index in [1.54, 1.807) is 18.1 Å². The number of hydrogen-bond acceptors (Lipinski definition) is 6. The van der Waals surface area contributed by atoms with Crippen molar-refractivity contribution in [3.05, 3.63) is 22.4 Å². The van der Waals surface area contributed by atoms with E-state index < -0.39 is 6.04 Å². The van der Waals surface area contributed by atoms with E-state index in [4.69, 9.17) is 4.74 Å². The van der Waals surface area contributed by atoms with Crippen LogP contribution in [0.25, 0.3) is 0 Å². The lowest BCUT2D eigenvalue weighted by atomic mass is 10.0. The van der Waals surface area contributed by atoms with Gasteiger partial charge in [0.25, 0.3) is 5.91 Å². The lowest BCUT2D eigenvalue weighted by Crippen LogP contribution is -2.57. The van der Waals surface area contributed by atoms with Crippen molar-refractivity contribution < 1.29 is 19.1 Å². The van der Waals surface area contributed by atoms with E-state index in [9.17, 15) is 14.4 Å². The molecule has 0 saturated carbocycles. The molecule has 8 nitrogen and oxygen atoms in total. The molecule has 29 heavy (non-hydrogen) atoms. The first-order valence-corrected chi connectivity index (χ1v) is 10.9. The van der Waals surface area contributed by atoms with Crippen molar-refractivity contribution in [1.29, 1.82) is 0 Å². The number of amides is 3. The van der Waals surface area contributed by atoms with E-state index in [0.29, 0.717) is 50.8 Å². The van der Waals surface area contributed by atoms with Gasteiger partial charge in [0.15, 0.2) is 0 Å². The lowest BCUT2D eigenvalue weighted by Gasteiger charge is -2.37. The first-order valence-electron chi connectivity index (χ1n) is 10.0. The van der Waals surface area contributed by atoms with Gasteiger partial charge >= 0.3 is 0 Å². The zero-order valence-electron chi connectivity index (χ0n) is 17.5.